The first-order valence-corrected chi connectivity index (χ1v) is 9.63. The molecule has 4 rings (SSSR count). The lowest BCUT2D eigenvalue weighted by Crippen LogP contribution is -2.26. The molecule has 1 aromatic rings. The monoisotopic (exact) mass is 324 g/mol. The van der Waals surface area contributed by atoms with E-state index in [1.165, 1.54) is 51.4 Å². The molecule has 0 aliphatic heterocycles. The predicted molar refractivity (Wildman–Crippen MR) is 96.9 cm³/mol. The van der Waals surface area contributed by atoms with Crippen LogP contribution in [0.5, 0.6) is 0 Å². The number of aromatic carboxylic acids is 1. The molecule has 2 heteroatoms. The third-order valence-corrected chi connectivity index (χ3v) is 6.91. The number of hydrogen-bond acceptors (Lipinski definition) is 1. The zero-order valence-electron chi connectivity index (χ0n) is 14.4. The Morgan fingerprint density at radius 2 is 1.92 bits per heavy atom. The van der Waals surface area contributed by atoms with Crippen molar-refractivity contribution in [3.05, 3.63) is 41.5 Å². The normalized spacial score (nSPS) is 34.6. The maximum absolute atomic E-state index is 10.9. The fourth-order valence-corrected chi connectivity index (χ4v) is 5.97. The topological polar surface area (TPSA) is 37.3 Å². The third-order valence-electron chi connectivity index (χ3n) is 6.91. The van der Waals surface area contributed by atoms with Gasteiger partial charge in [-0.1, -0.05) is 43.5 Å². The highest BCUT2D eigenvalue weighted by Gasteiger charge is 2.50. The first-order chi connectivity index (χ1) is 11.6. The SMILES string of the molecule is O=C(O)c1ccc(/C=C/CCC23CC4CCCC(C2)C(C4)C3)cc1. The third kappa shape index (κ3) is 3.16. The molecule has 0 amide bonds. The molecule has 3 aliphatic carbocycles. The van der Waals surface area contributed by atoms with Crippen molar-refractivity contribution in [2.24, 2.45) is 23.2 Å². The van der Waals surface area contributed by atoms with Gasteiger partial charge in [-0.15, -0.1) is 0 Å². The quantitative estimate of drug-likeness (QED) is 0.745. The van der Waals surface area contributed by atoms with Crippen LogP contribution in [0.15, 0.2) is 30.3 Å². The molecule has 3 saturated carbocycles. The summed E-state index contributed by atoms with van der Waals surface area (Å²) in [5, 5.41) is 8.94. The molecule has 3 fully saturated rings. The van der Waals surface area contributed by atoms with Crippen molar-refractivity contribution < 1.29 is 9.90 Å². The van der Waals surface area contributed by atoms with Gasteiger partial charge in [-0.2, -0.15) is 0 Å². The zero-order valence-corrected chi connectivity index (χ0v) is 14.4. The van der Waals surface area contributed by atoms with Gasteiger partial charge in [-0.3, -0.25) is 0 Å². The molecule has 4 atom stereocenters. The second kappa shape index (κ2) is 6.38. The number of carboxylic acid groups (broad SMARTS) is 1. The summed E-state index contributed by atoms with van der Waals surface area (Å²) in [6.45, 7) is 0. The molecule has 3 bridgehead atoms. The summed E-state index contributed by atoms with van der Waals surface area (Å²) >= 11 is 0. The highest BCUT2D eigenvalue weighted by Crippen LogP contribution is 2.61. The second-order valence-corrected chi connectivity index (χ2v) is 8.53. The molecule has 1 N–H and O–H groups in total. The minimum Gasteiger partial charge on any atom is -0.478 e. The second-order valence-electron chi connectivity index (χ2n) is 8.53. The van der Waals surface area contributed by atoms with Gasteiger partial charge < -0.3 is 5.11 Å². The number of allylic oxidation sites excluding steroid dienone is 1. The van der Waals surface area contributed by atoms with Crippen molar-refractivity contribution in [1.82, 2.24) is 0 Å². The molecule has 128 valence electrons. The summed E-state index contributed by atoms with van der Waals surface area (Å²) in [7, 11) is 0. The van der Waals surface area contributed by atoms with Crippen LogP contribution in [-0.4, -0.2) is 11.1 Å². The van der Waals surface area contributed by atoms with E-state index in [1.807, 2.05) is 12.1 Å². The van der Waals surface area contributed by atoms with Crippen LogP contribution in [0, 0.1) is 23.2 Å². The van der Waals surface area contributed by atoms with Crippen LogP contribution >= 0.6 is 0 Å². The smallest absolute Gasteiger partial charge is 0.335 e. The van der Waals surface area contributed by atoms with Crippen molar-refractivity contribution in [2.45, 2.75) is 57.8 Å². The van der Waals surface area contributed by atoms with Crippen LogP contribution in [-0.2, 0) is 0 Å². The van der Waals surface area contributed by atoms with Crippen molar-refractivity contribution >= 4 is 12.0 Å². The number of hydrogen-bond donors (Lipinski definition) is 1. The molecule has 0 radical (unpaired) electrons. The average molecular weight is 324 g/mol. The standard InChI is InChI=1S/C22H28O2/c23-21(24)18-9-7-16(8-10-18)4-1-2-11-22-13-17-5-3-6-19(14-22)20(12-17)15-22/h1,4,7-10,17,19-20H,2-3,5-6,11-15H2,(H,23,24)/b4-1+. The van der Waals surface area contributed by atoms with Gasteiger partial charge >= 0.3 is 5.97 Å². The molecule has 2 nitrogen and oxygen atoms in total. The van der Waals surface area contributed by atoms with Gasteiger partial charge in [-0.05, 0) is 79.4 Å². The molecular formula is C22H28O2. The summed E-state index contributed by atoms with van der Waals surface area (Å²) in [4.78, 5) is 10.9. The van der Waals surface area contributed by atoms with E-state index in [2.05, 4.69) is 12.2 Å². The Morgan fingerprint density at radius 1 is 1.12 bits per heavy atom. The lowest BCUT2D eigenvalue weighted by atomic mass is 9.67. The highest BCUT2D eigenvalue weighted by atomic mass is 16.4. The number of carbonyl (C=O) groups is 1. The summed E-state index contributed by atoms with van der Waals surface area (Å²) < 4.78 is 0. The molecule has 24 heavy (non-hydrogen) atoms. The van der Waals surface area contributed by atoms with E-state index in [4.69, 9.17) is 5.11 Å². The first kappa shape index (κ1) is 15.9. The predicted octanol–water partition coefficient (Wildman–Crippen LogP) is 5.78. The summed E-state index contributed by atoms with van der Waals surface area (Å²) in [5.41, 5.74) is 2.11. The molecule has 0 heterocycles. The Labute approximate surface area is 145 Å². The van der Waals surface area contributed by atoms with Crippen molar-refractivity contribution in [3.8, 4) is 0 Å². The maximum atomic E-state index is 10.9. The Morgan fingerprint density at radius 3 is 2.71 bits per heavy atom. The minimum atomic E-state index is -0.858. The van der Waals surface area contributed by atoms with Gasteiger partial charge in [-0.25, -0.2) is 4.79 Å². The average Bonchev–Trinajstić information content (AvgIpc) is 2.73. The molecular weight excluding hydrogens is 296 g/mol. The van der Waals surface area contributed by atoms with Crippen molar-refractivity contribution in [1.29, 1.82) is 0 Å². The van der Waals surface area contributed by atoms with Gasteiger partial charge in [0.1, 0.15) is 0 Å². The van der Waals surface area contributed by atoms with Gasteiger partial charge in [0.25, 0.3) is 0 Å². The lowest BCUT2D eigenvalue weighted by Gasteiger charge is -2.38. The summed E-state index contributed by atoms with van der Waals surface area (Å²) in [6, 6.07) is 7.17. The molecule has 3 aliphatic rings. The largest absolute Gasteiger partial charge is 0.478 e. The molecule has 0 spiro atoms. The summed E-state index contributed by atoms with van der Waals surface area (Å²) in [6.07, 6.45) is 17.4. The molecule has 0 saturated heterocycles. The highest BCUT2D eigenvalue weighted by molar-refractivity contribution is 5.87. The van der Waals surface area contributed by atoms with Gasteiger partial charge in [0.05, 0.1) is 5.56 Å². The Balaban J connectivity index is 1.35. The molecule has 1 aromatic carbocycles. The van der Waals surface area contributed by atoms with E-state index in [0.717, 1.165) is 29.7 Å². The van der Waals surface area contributed by atoms with Crippen LogP contribution in [0.4, 0.5) is 0 Å². The first-order valence-electron chi connectivity index (χ1n) is 9.63. The minimum absolute atomic E-state index is 0.358. The van der Waals surface area contributed by atoms with Crippen molar-refractivity contribution in [3.63, 3.8) is 0 Å². The van der Waals surface area contributed by atoms with E-state index in [1.54, 1.807) is 12.1 Å². The number of rotatable bonds is 5. The van der Waals surface area contributed by atoms with E-state index < -0.39 is 5.97 Å². The lowest BCUT2D eigenvalue weighted by molar-refractivity contribution is 0.0697. The fourth-order valence-electron chi connectivity index (χ4n) is 5.97. The van der Waals surface area contributed by atoms with Gasteiger partial charge in [0, 0.05) is 0 Å². The molecule has 4 unspecified atom stereocenters. The number of benzene rings is 1. The van der Waals surface area contributed by atoms with Crippen LogP contribution in [0.1, 0.15) is 73.7 Å². The van der Waals surface area contributed by atoms with E-state index in [-0.39, 0.29) is 0 Å². The van der Waals surface area contributed by atoms with Crippen LogP contribution < -0.4 is 0 Å². The van der Waals surface area contributed by atoms with Crippen LogP contribution in [0.2, 0.25) is 0 Å². The van der Waals surface area contributed by atoms with Crippen LogP contribution in [0.3, 0.4) is 0 Å². The Kier molecular flexibility index (Phi) is 4.24. The number of fused-ring (bicyclic) bond motifs is 2. The van der Waals surface area contributed by atoms with Gasteiger partial charge in [0.15, 0.2) is 0 Å². The van der Waals surface area contributed by atoms with E-state index in [0.29, 0.717) is 11.0 Å². The van der Waals surface area contributed by atoms with Crippen LogP contribution in [0.25, 0.3) is 6.08 Å². The van der Waals surface area contributed by atoms with E-state index in [9.17, 15) is 4.79 Å². The summed E-state index contributed by atoms with van der Waals surface area (Å²) in [5.74, 6) is 2.23. The number of carboxylic acids is 1. The van der Waals surface area contributed by atoms with E-state index >= 15 is 0 Å². The zero-order chi connectivity index (χ0) is 16.6. The molecule has 0 aromatic heterocycles. The Hall–Kier alpha value is -1.57. The fraction of sp³-hybridized carbons (Fsp3) is 0.591. The van der Waals surface area contributed by atoms with Crippen molar-refractivity contribution in [2.75, 3.05) is 0 Å². The Bertz CT molecular complexity index is 626. The maximum Gasteiger partial charge on any atom is 0.335 e. The van der Waals surface area contributed by atoms with Gasteiger partial charge in [0.2, 0.25) is 0 Å².